The molecule has 128 valence electrons. The molecule has 0 aromatic carbocycles. The summed E-state index contributed by atoms with van der Waals surface area (Å²) in [4.78, 5) is 22.7. The van der Waals surface area contributed by atoms with Gasteiger partial charge in [-0.05, 0) is 18.6 Å². The lowest BCUT2D eigenvalue weighted by atomic mass is 10.1. The van der Waals surface area contributed by atoms with Gasteiger partial charge in [0, 0.05) is 26.6 Å². The van der Waals surface area contributed by atoms with Crippen LogP contribution in [0.2, 0.25) is 0 Å². The summed E-state index contributed by atoms with van der Waals surface area (Å²) in [5.74, 6) is 0.945. The molecule has 1 atom stereocenters. The average Bonchev–Trinajstić information content (AvgIpc) is 3.15. The summed E-state index contributed by atoms with van der Waals surface area (Å²) in [6.07, 6.45) is 4.23. The van der Waals surface area contributed by atoms with Gasteiger partial charge in [-0.25, -0.2) is 9.97 Å². The molecule has 0 saturated carbocycles. The van der Waals surface area contributed by atoms with Crippen molar-refractivity contribution in [2.75, 3.05) is 32.1 Å². The monoisotopic (exact) mass is 330 g/mol. The van der Waals surface area contributed by atoms with E-state index in [0.717, 1.165) is 17.9 Å². The highest BCUT2D eigenvalue weighted by molar-refractivity contribution is 5.76. The third-order valence-corrected chi connectivity index (χ3v) is 4.02. The summed E-state index contributed by atoms with van der Waals surface area (Å²) in [7, 11) is 1.83. The minimum atomic E-state index is -0.175. The molecule has 1 unspecified atom stereocenters. The van der Waals surface area contributed by atoms with Crippen LogP contribution in [-0.2, 0) is 16.1 Å². The lowest BCUT2D eigenvalue weighted by Gasteiger charge is -2.33. The largest absolute Gasteiger partial charge is 0.373 e. The highest BCUT2D eigenvalue weighted by atomic mass is 16.5. The second-order valence-electron chi connectivity index (χ2n) is 5.66. The molecule has 1 amide bonds. The molecule has 1 fully saturated rings. The number of hydrogen-bond acceptors (Lipinski definition) is 6. The fourth-order valence-corrected chi connectivity index (χ4v) is 2.72. The van der Waals surface area contributed by atoms with Crippen LogP contribution < -0.4 is 5.32 Å². The second kappa shape index (κ2) is 7.87. The van der Waals surface area contributed by atoms with Crippen LogP contribution in [0.25, 0.3) is 0 Å². The molecule has 3 heterocycles. The predicted molar refractivity (Wildman–Crippen MR) is 88.3 cm³/mol. The number of hydrogen-bond donors (Lipinski definition) is 1. The number of anilines is 1. The predicted octanol–water partition coefficient (Wildman–Crippen LogP) is 1.10. The third kappa shape index (κ3) is 4.08. The van der Waals surface area contributed by atoms with Crippen LogP contribution in [0.1, 0.15) is 24.6 Å². The van der Waals surface area contributed by atoms with Gasteiger partial charge in [0.2, 0.25) is 5.91 Å². The van der Waals surface area contributed by atoms with Gasteiger partial charge in [0.15, 0.2) is 0 Å². The molecular weight excluding hydrogens is 308 g/mol. The molecule has 0 radical (unpaired) electrons. The molecule has 8 nitrogen and oxygen atoms in total. The first kappa shape index (κ1) is 16.4. The van der Waals surface area contributed by atoms with Crippen molar-refractivity contribution >= 4 is 11.7 Å². The normalized spacial score (nSPS) is 17.7. The zero-order valence-electron chi connectivity index (χ0n) is 13.8. The van der Waals surface area contributed by atoms with Crippen molar-refractivity contribution in [1.29, 1.82) is 0 Å². The number of nitrogens with zero attached hydrogens (tertiary/aromatic N) is 5. The van der Waals surface area contributed by atoms with E-state index in [1.165, 1.54) is 6.33 Å². The summed E-state index contributed by atoms with van der Waals surface area (Å²) in [6.45, 7) is 2.41. The Morgan fingerprint density at radius 3 is 3.17 bits per heavy atom. The van der Waals surface area contributed by atoms with E-state index in [-0.39, 0.29) is 12.0 Å². The minimum Gasteiger partial charge on any atom is -0.373 e. The Morgan fingerprint density at radius 2 is 2.38 bits per heavy atom. The number of ether oxygens (including phenoxy) is 1. The fourth-order valence-electron chi connectivity index (χ4n) is 2.72. The van der Waals surface area contributed by atoms with Crippen molar-refractivity contribution in [3.63, 3.8) is 0 Å². The van der Waals surface area contributed by atoms with Crippen molar-refractivity contribution in [2.24, 2.45) is 0 Å². The van der Waals surface area contributed by atoms with Crippen LogP contribution in [-0.4, -0.2) is 57.3 Å². The quantitative estimate of drug-likeness (QED) is 0.853. The van der Waals surface area contributed by atoms with E-state index in [9.17, 15) is 4.79 Å². The van der Waals surface area contributed by atoms with Gasteiger partial charge in [-0.15, -0.1) is 0 Å². The highest BCUT2D eigenvalue weighted by Crippen LogP contribution is 2.22. The number of nitrogens with one attached hydrogen (secondary N) is 1. The molecule has 2 aromatic heterocycles. The smallest absolute Gasteiger partial charge is 0.222 e. The third-order valence-electron chi connectivity index (χ3n) is 4.02. The van der Waals surface area contributed by atoms with Crippen LogP contribution in [0.4, 0.5) is 5.82 Å². The summed E-state index contributed by atoms with van der Waals surface area (Å²) >= 11 is 0. The molecule has 3 rings (SSSR count). The summed E-state index contributed by atoms with van der Waals surface area (Å²) in [5.41, 5.74) is 0.849. The molecule has 1 saturated heterocycles. The Balaban J connectivity index is 1.53. The average molecular weight is 330 g/mol. The van der Waals surface area contributed by atoms with Gasteiger partial charge in [0.1, 0.15) is 24.6 Å². The first-order valence-corrected chi connectivity index (χ1v) is 8.13. The Bertz CT molecular complexity index is 660. The number of aromatic nitrogens is 4. The molecule has 0 spiro atoms. The van der Waals surface area contributed by atoms with Crippen LogP contribution in [0.3, 0.4) is 0 Å². The van der Waals surface area contributed by atoms with Gasteiger partial charge in [-0.1, -0.05) is 6.07 Å². The van der Waals surface area contributed by atoms with Crippen LogP contribution >= 0.6 is 0 Å². The van der Waals surface area contributed by atoms with E-state index in [1.807, 2.05) is 30.1 Å². The molecule has 0 bridgehead atoms. The summed E-state index contributed by atoms with van der Waals surface area (Å²) < 4.78 is 7.54. The molecule has 1 aliphatic heterocycles. The zero-order chi connectivity index (χ0) is 16.8. The van der Waals surface area contributed by atoms with Crippen LogP contribution in [0.5, 0.6) is 0 Å². The van der Waals surface area contributed by atoms with E-state index in [4.69, 9.17) is 4.74 Å². The molecule has 1 aliphatic rings. The number of carbonyl (C=O) groups is 1. The van der Waals surface area contributed by atoms with E-state index in [2.05, 4.69) is 20.4 Å². The molecular formula is C16H22N6O2. The number of rotatable bonds is 6. The van der Waals surface area contributed by atoms with Crippen molar-refractivity contribution in [1.82, 2.24) is 24.6 Å². The van der Waals surface area contributed by atoms with Gasteiger partial charge < -0.3 is 15.0 Å². The standard InChI is InChI=1S/C16H22N6O2/c1-17-15-5-2-4-13(20-15)14-10-21(8-9-24-14)16(23)6-3-7-22-12-18-11-19-22/h2,4-5,11-12,14H,3,6-10H2,1H3,(H,17,20). The Kier molecular flexibility index (Phi) is 5.37. The van der Waals surface area contributed by atoms with Gasteiger partial charge in [0.25, 0.3) is 0 Å². The van der Waals surface area contributed by atoms with Gasteiger partial charge >= 0.3 is 0 Å². The van der Waals surface area contributed by atoms with E-state index in [1.54, 1.807) is 11.0 Å². The maximum Gasteiger partial charge on any atom is 0.222 e. The van der Waals surface area contributed by atoms with Crippen molar-refractivity contribution in [2.45, 2.75) is 25.5 Å². The van der Waals surface area contributed by atoms with E-state index < -0.39 is 0 Å². The summed E-state index contributed by atoms with van der Waals surface area (Å²) in [6, 6.07) is 5.78. The number of aryl methyl sites for hydroxylation is 1. The molecule has 24 heavy (non-hydrogen) atoms. The number of amides is 1. The number of morpholine rings is 1. The second-order valence-corrected chi connectivity index (χ2v) is 5.66. The maximum atomic E-state index is 12.4. The summed E-state index contributed by atoms with van der Waals surface area (Å²) in [5, 5.41) is 7.06. The molecule has 1 N–H and O–H groups in total. The van der Waals surface area contributed by atoms with Crippen molar-refractivity contribution in [3.05, 3.63) is 36.5 Å². The SMILES string of the molecule is CNc1cccc(C2CN(C(=O)CCCn3cncn3)CCO2)n1. The van der Waals surface area contributed by atoms with Crippen molar-refractivity contribution < 1.29 is 9.53 Å². The number of carbonyl (C=O) groups excluding carboxylic acids is 1. The Morgan fingerprint density at radius 1 is 1.46 bits per heavy atom. The van der Waals surface area contributed by atoms with Crippen LogP contribution in [0.15, 0.2) is 30.9 Å². The lowest BCUT2D eigenvalue weighted by Crippen LogP contribution is -2.42. The topological polar surface area (TPSA) is 85.2 Å². The molecule has 0 aliphatic carbocycles. The fraction of sp³-hybridized carbons (Fsp3) is 0.500. The van der Waals surface area contributed by atoms with Gasteiger partial charge in [0.05, 0.1) is 18.8 Å². The highest BCUT2D eigenvalue weighted by Gasteiger charge is 2.26. The number of pyridine rings is 1. The Labute approximate surface area is 140 Å². The lowest BCUT2D eigenvalue weighted by molar-refractivity contribution is -0.139. The minimum absolute atomic E-state index is 0.146. The molecule has 2 aromatic rings. The van der Waals surface area contributed by atoms with Gasteiger partial charge in [-0.3, -0.25) is 9.48 Å². The Hall–Kier alpha value is -2.48. The van der Waals surface area contributed by atoms with E-state index in [0.29, 0.717) is 32.7 Å². The van der Waals surface area contributed by atoms with Gasteiger partial charge in [-0.2, -0.15) is 5.10 Å². The van der Waals surface area contributed by atoms with E-state index >= 15 is 0 Å². The maximum absolute atomic E-state index is 12.4. The first-order valence-electron chi connectivity index (χ1n) is 8.13. The first-order chi connectivity index (χ1) is 11.8. The van der Waals surface area contributed by atoms with Crippen LogP contribution in [0, 0.1) is 0 Å². The zero-order valence-corrected chi connectivity index (χ0v) is 13.8. The van der Waals surface area contributed by atoms with Crippen molar-refractivity contribution in [3.8, 4) is 0 Å². The molecule has 8 heteroatoms.